The maximum absolute atomic E-state index is 9.15. The van der Waals surface area contributed by atoms with E-state index in [0.717, 1.165) is 41.2 Å². The van der Waals surface area contributed by atoms with Crippen molar-refractivity contribution in [1.29, 1.82) is 5.26 Å². The Morgan fingerprint density at radius 2 is 2.26 bits per heavy atom. The van der Waals surface area contributed by atoms with Crippen LogP contribution in [0.2, 0.25) is 0 Å². The molecule has 1 N–H and O–H groups in total. The molecule has 0 spiro atoms. The fourth-order valence-corrected chi connectivity index (χ4v) is 4.28. The highest BCUT2D eigenvalue weighted by molar-refractivity contribution is 7.09. The zero-order valence-electron chi connectivity index (χ0n) is 14.2. The molecule has 0 aromatic carbocycles. The number of thiazole rings is 1. The molecule has 0 aliphatic carbocycles. The van der Waals surface area contributed by atoms with Crippen LogP contribution in [0.1, 0.15) is 29.5 Å². The van der Waals surface area contributed by atoms with Crippen molar-refractivity contribution in [3.05, 3.63) is 46.8 Å². The monoisotopic (exact) mass is 374 g/mol. The van der Waals surface area contributed by atoms with Crippen molar-refractivity contribution >= 4 is 28.2 Å². The van der Waals surface area contributed by atoms with Crippen molar-refractivity contribution in [1.82, 2.24) is 30.1 Å². The van der Waals surface area contributed by atoms with Gasteiger partial charge in [0, 0.05) is 41.5 Å². The highest BCUT2D eigenvalue weighted by Gasteiger charge is 2.29. The highest BCUT2D eigenvalue weighted by Crippen LogP contribution is 2.36. The lowest BCUT2D eigenvalue weighted by atomic mass is 10.1. The molecular weight excluding hydrogens is 360 g/mol. The number of fused-ring (bicyclic) bond motifs is 1. The van der Waals surface area contributed by atoms with E-state index in [4.69, 9.17) is 10.2 Å². The summed E-state index contributed by atoms with van der Waals surface area (Å²) in [4.78, 5) is 18.9. The third kappa shape index (κ3) is 2.71. The molecule has 1 fully saturated rings. The van der Waals surface area contributed by atoms with Crippen molar-refractivity contribution < 1.29 is 0 Å². The Hall–Kier alpha value is -3.38. The van der Waals surface area contributed by atoms with Crippen LogP contribution in [0, 0.1) is 11.3 Å². The predicted molar refractivity (Wildman–Crippen MR) is 101 cm³/mol. The maximum atomic E-state index is 9.15. The largest absolute Gasteiger partial charge is 0.346 e. The van der Waals surface area contributed by atoms with E-state index in [2.05, 4.69) is 36.1 Å². The standard InChI is InChI=1S/C18H14N8S/c19-7-11-6-12-13(9-22-16(12)21-8-11)17-24-15(10-23-25-17)26-4-1-2-14(26)18-20-3-5-27-18/h3,5-6,8-10,14H,1-2,4H2,(H,21,22). The fourth-order valence-electron chi connectivity index (χ4n) is 3.49. The Kier molecular flexibility index (Phi) is 3.76. The number of aromatic nitrogens is 6. The number of H-pyrrole nitrogens is 1. The first-order valence-corrected chi connectivity index (χ1v) is 9.45. The summed E-state index contributed by atoms with van der Waals surface area (Å²) in [6.45, 7) is 0.913. The number of pyridine rings is 1. The minimum atomic E-state index is 0.226. The molecule has 0 amide bonds. The van der Waals surface area contributed by atoms with Crippen LogP contribution in [0.3, 0.4) is 0 Å². The summed E-state index contributed by atoms with van der Waals surface area (Å²) in [6.07, 6.45) is 9.03. The SMILES string of the molecule is N#Cc1cnc2[nH]cc(-c3nncc(N4CCCC4c4nccs4)n3)c2c1. The van der Waals surface area contributed by atoms with Crippen LogP contribution < -0.4 is 4.90 Å². The lowest BCUT2D eigenvalue weighted by Crippen LogP contribution is -2.24. The lowest BCUT2D eigenvalue weighted by Gasteiger charge is -2.23. The van der Waals surface area contributed by atoms with E-state index in [-0.39, 0.29) is 6.04 Å². The lowest BCUT2D eigenvalue weighted by molar-refractivity contribution is 0.701. The number of rotatable bonds is 3. The summed E-state index contributed by atoms with van der Waals surface area (Å²) in [5.74, 6) is 1.30. The van der Waals surface area contributed by atoms with E-state index < -0.39 is 0 Å². The van der Waals surface area contributed by atoms with E-state index in [1.807, 2.05) is 17.8 Å². The minimum Gasteiger partial charge on any atom is -0.346 e. The average Bonchev–Trinajstić information content (AvgIpc) is 3.47. The van der Waals surface area contributed by atoms with Gasteiger partial charge in [-0.3, -0.25) is 0 Å². The van der Waals surface area contributed by atoms with Crippen LogP contribution in [0.25, 0.3) is 22.4 Å². The van der Waals surface area contributed by atoms with Gasteiger partial charge < -0.3 is 9.88 Å². The van der Waals surface area contributed by atoms with Crippen molar-refractivity contribution in [3.8, 4) is 17.5 Å². The maximum Gasteiger partial charge on any atom is 0.185 e. The van der Waals surface area contributed by atoms with Gasteiger partial charge in [-0.2, -0.15) is 10.4 Å². The third-order valence-corrected chi connectivity index (χ3v) is 5.61. The fraction of sp³-hybridized carbons (Fsp3) is 0.222. The number of nitrogens with one attached hydrogen (secondary N) is 1. The molecule has 0 radical (unpaired) electrons. The minimum absolute atomic E-state index is 0.226. The molecule has 27 heavy (non-hydrogen) atoms. The van der Waals surface area contributed by atoms with E-state index in [0.29, 0.717) is 17.0 Å². The zero-order valence-corrected chi connectivity index (χ0v) is 15.0. The molecule has 4 aromatic rings. The Morgan fingerprint density at radius 3 is 3.11 bits per heavy atom. The van der Waals surface area contributed by atoms with E-state index >= 15 is 0 Å². The molecule has 1 aliphatic rings. The van der Waals surface area contributed by atoms with Gasteiger partial charge in [-0.25, -0.2) is 15.0 Å². The third-order valence-electron chi connectivity index (χ3n) is 4.73. The molecule has 1 atom stereocenters. The number of nitrogens with zero attached hydrogens (tertiary/aromatic N) is 7. The second kappa shape index (κ2) is 6.41. The Morgan fingerprint density at radius 1 is 1.30 bits per heavy atom. The number of anilines is 1. The van der Waals surface area contributed by atoms with Crippen molar-refractivity contribution in [2.75, 3.05) is 11.4 Å². The van der Waals surface area contributed by atoms with Crippen LogP contribution in [-0.2, 0) is 0 Å². The van der Waals surface area contributed by atoms with Crippen molar-refractivity contribution in [2.45, 2.75) is 18.9 Å². The van der Waals surface area contributed by atoms with E-state index in [1.165, 1.54) is 0 Å². The zero-order chi connectivity index (χ0) is 18.2. The number of aromatic amines is 1. The summed E-state index contributed by atoms with van der Waals surface area (Å²) in [7, 11) is 0. The van der Waals surface area contributed by atoms with Crippen LogP contribution in [0.4, 0.5) is 5.82 Å². The molecule has 8 nitrogen and oxygen atoms in total. The number of hydrogen-bond acceptors (Lipinski definition) is 8. The quantitative estimate of drug-likeness (QED) is 0.587. The predicted octanol–water partition coefficient (Wildman–Crippen LogP) is 3.08. The summed E-state index contributed by atoms with van der Waals surface area (Å²) >= 11 is 1.67. The van der Waals surface area contributed by atoms with E-state index in [1.54, 1.807) is 29.8 Å². The summed E-state index contributed by atoms with van der Waals surface area (Å²) in [5.41, 5.74) is 1.98. The smallest absolute Gasteiger partial charge is 0.185 e. The van der Waals surface area contributed by atoms with Crippen LogP contribution in [0.5, 0.6) is 0 Å². The van der Waals surface area contributed by atoms with Gasteiger partial charge in [-0.15, -0.1) is 16.4 Å². The molecule has 9 heteroatoms. The average molecular weight is 374 g/mol. The number of hydrogen-bond donors (Lipinski definition) is 1. The van der Waals surface area contributed by atoms with Crippen molar-refractivity contribution in [2.24, 2.45) is 0 Å². The van der Waals surface area contributed by atoms with Crippen LogP contribution >= 0.6 is 11.3 Å². The first-order valence-electron chi connectivity index (χ1n) is 8.57. The Bertz CT molecular complexity index is 1140. The molecule has 1 aliphatic heterocycles. The first-order chi connectivity index (χ1) is 13.3. The second-order valence-corrected chi connectivity index (χ2v) is 7.22. The summed E-state index contributed by atoms with van der Waals surface area (Å²) < 4.78 is 0. The van der Waals surface area contributed by atoms with Gasteiger partial charge in [0.15, 0.2) is 11.6 Å². The molecule has 1 saturated heterocycles. The van der Waals surface area contributed by atoms with Gasteiger partial charge in [-0.05, 0) is 18.9 Å². The van der Waals surface area contributed by atoms with Crippen molar-refractivity contribution in [3.63, 3.8) is 0 Å². The topological polar surface area (TPSA) is 107 Å². The summed E-state index contributed by atoms with van der Waals surface area (Å²) in [5, 5.41) is 21.5. The van der Waals surface area contributed by atoms with Gasteiger partial charge in [0.05, 0.1) is 17.8 Å². The van der Waals surface area contributed by atoms with Crippen LogP contribution in [-0.4, -0.2) is 36.7 Å². The number of nitriles is 1. The van der Waals surface area contributed by atoms with Gasteiger partial charge in [0.25, 0.3) is 0 Å². The van der Waals surface area contributed by atoms with E-state index in [9.17, 15) is 0 Å². The molecule has 5 heterocycles. The van der Waals surface area contributed by atoms with Gasteiger partial charge in [-0.1, -0.05) is 0 Å². The molecule has 4 aromatic heterocycles. The molecule has 132 valence electrons. The molecule has 0 bridgehead atoms. The second-order valence-electron chi connectivity index (χ2n) is 6.29. The Balaban J connectivity index is 1.56. The first kappa shape index (κ1) is 15.8. The van der Waals surface area contributed by atoms with Gasteiger partial charge in [0.2, 0.25) is 0 Å². The van der Waals surface area contributed by atoms with Crippen LogP contribution in [0.15, 0.2) is 36.2 Å². The van der Waals surface area contributed by atoms with Gasteiger partial charge in [0.1, 0.15) is 16.7 Å². The molecule has 1 unspecified atom stereocenters. The highest BCUT2D eigenvalue weighted by atomic mass is 32.1. The summed E-state index contributed by atoms with van der Waals surface area (Å²) in [6, 6.07) is 4.13. The Labute approximate surface area is 158 Å². The molecule has 5 rings (SSSR count). The molecular formula is C18H14N8S. The normalized spacial score (nSPS) is 16.7. The molecule has 0 saturated carbocycles. The van der Waals surface area contributed by atoms with Gasteiger partial charge >= 0.3 is 0 Å².